The summed E-state index contributed by atoms with van der Waals surface area (Å²) in [6, 6.07) is 1.45. The molecule has 25 heavy (non-hydrogen) atoms. The van der Waals surface area contributed by atoms with Crippen molar-refractivity contribution in [3.63, 3.8) is 0 Å². The molecule has 0 radical (unpaired) electrons. The van der Waals surface area contributed by atoms with Gasteiger partial charge in [0.05, 0.1) is 0 Å². The summed E-state index contributed by atoms with van der Waals surface area (Å²) in [6.45, 7) is 19.7. The van der Waals surface area contributed by atoms with Crippen LogP contribution in [0.2, 0.25) is 38.3 Å². The number of esters is 2. The van der Waals surface area contributed by atoms with Gasteiger partial charge in [-0.1, -0.05) is 0 Å². The lowest BCUT2D eigenvalue weighted by atomic mass is 10.2. The van der Waals surface area contributed by atoms with Gasteiger partial charge >= 0.3 is 11.9 Å². The third-order valence-corrected chi connectivity index (χ3v) is 10.6. The first-order valence-corrected chi connectivity index (χ1v) is 15.3. The van der Waals surface area contributed by atoms with E-state index in [9.17, 15) is 9.59 Å². The third kappa shape index (κ3) is 14.2. The summed E-state index contributed by atoms with van der Waals surface area (Å²) in [5, 5.41) is 0. The molecule has 0 amide bonds. The lowest BCUT2D eigenvalue weighted by Gasteiger charge is -2.34. The first-order valence-electron chi connectivity index (χ1n) is 9.05. The quantitative estimate of drug-likeness (QED) is 0.437. The van der Waals surface area contributed by atoms with Crippen LogP contribution in [-0.4, -0.2) is 39.8 Å². The molecule has 0 aliphatic carbocycles. The summed E-state index contributed by atoms with van der Waals surface area (Å²) in [7, 11) is -3.97. The largest absolute Gasteiger partial charge is 0.460 e. The Balaban J connectivity index is 4.45. The van der Waals surface area contributed by atoms with Crippen LogP contribution in [0.4, 0.5) is 0 Å². The van der Waals surface area contributed by atoms with Crippen molar-refractivity contribution in [2.75, 3.05) is 0 Å². The van der Waals surface area contributed by atoms with Crippen LogP contribution in [0.5, 0.6) is 0 Å². The van der Waals surface area contributed by atoms with Crippen LogP contribution in [0, 0.1) is 0 Å². The zero-order valence-corrected chi connectivity index (χ0v) is 19.9. The van der Waals surface area contributed by atoms with E-state index in [-0.39, 0.29) is 11.9 Å². The molecule has 0 aromatic carbocycles. The van der Waals surface area contributed by atoms with E-state index >= 15 is 0 Å². The molecule has 0 heterocycles. The number of hydrogen-bond acceptors (Lipinski definition) is 5. The molecule has 0 aliphatic rings. The van der Waals surface area contributed by atoms with Gasteiger partial charge in [0.2, 0.25) is 0 Å². The Bertz CT molecular complexity index is 417. The number of carbonyl (C=O) groups excluding carboxylic acids is 2. The van der Waals surface area contributed by atoms with Gasteiger partial charge in [0.25, 0.3) is 0 Å². The number of ether oxygens (including phenoxy) is 2. The maximum Gasteiger partial charge on any atom is 0.306 e. The Hall–Kier alpha value is -0.666. The van der Waals surface area contributed by atoms with Crippen LogP contribution in [0.15, 0.2) is 0 Å². The van der Waals surface area contributed by atoms with Crippen molar-refractivity contribution in [2.24, 2.45) is 0 Å². The Labute approximate surface area is 156 Å². The van der Waals surface area contributed by atoms with Gasteiger partial charge in [0, 0.05) is 12.8 Å². The van der Waals surface area contributed by atoms with Gasteiger partial charge in [-0.05, 0) is 79.8 Å². The lowest BCUT2D eigenvalue weighted by Crippen LogP contribution is -2.45. The maximum atomic E-state index is 11.9. The molecule has 0 aromatic rings. The average molecular weight is 391 g/mol. The highest BCUT2D eigenvalue weighted by atomic mass is 28.4. The van der Waals surface area contributed by atoms with Crippen molar-refractivity contribution in [3.8, 4) is 0 Å². The summed E-state index contributed by atoms with van der Waals surface area (Å²) in [6.07, 6.45) is 0.764. The van der Waals surface area contributed by atoms with E-state index in [0.29, 0.717) is 12.8 Å². The standard InChI is InChI=1S/C18H38O5Si2/c1-17(2,3)21-15(19)11-13-24(7,8)23-25(9,10)14-12-16(20)22-18(4,5)6/h11-14H2,1-10H3. The van der Waals surface area contributed by atoms with E-state index in [1.165, 1.54) is 0 Å². The molecule has 0 spiro atoms. The number of hydrogen-bond donors (Lipinski definition) is 0. The Morgan fingerprint density at radius 3 is 1.20 bits per heavy atom. The molecule has 5 nitrogen and oxygen atoms in total. The maximum absolute atomic E-state index is 11.9. The van der Waals surface area contributed by atoms with Gasteiger partial charge in [0.15, 0.2) is 16.6 Å². The Morgan fingerprint density at radius 1 is 0.680 bits per heavy atom. The summed E-state index contributed by atoms with van der Waals surface area (Å²) < 4.78 is 17.2. The molecule has 7 heteroatoms. The number of carbonyl (C=O) groups is 2. The lowest BCUT2D eigenvalue weighted by molar-refractivity contribution is -0.155. The van der Waals surface area contributed by atoms with E-state index in [1.54, 1.807) is 0 Å². The predicted octanol–water partition coefficient (Wildman–Crippen LogP) is 4.88. The third-order valence-electron chi connectivity index (χ3n) is 3.26. The molecular weight excluding hydrogens is 352 g/mol. The molecule has 0 N–H and O–H groups in total. The molecule has 0 bridgehead atoms. The van der Waals surface area contributed by atoms with Gasteiger partial charge in [-0.3, -0.25) is 9.59 Å². The normalized spacial score (nSPS) is 13.5. The van der Waals surface area contributed by atoms with Gasteiger partial charge in [-0.25, -0.2) is 0 Å². The highest BCUT2D eigenvalue weighted by Crippen LogP contribution is 2.25. The van der Waals surface area contributed by atoms with Crippen LogP contribution >= 0.6 is 0 Å². The second-order valence-electron chi connectivity index (χ2n) is 9.79. The van der Waals surface area contributed by atoms with Gasteiger partial charge in [0.1, 0.15) is 11.2 Å². The van der Waals surface area contributed by atoms with Crippen LogP contribution in [-0.2, 0) is 23.2 Å². The SMILES string of the molecule is CC(C)(C)OC(=O)CC[Si](C)(C)O[Si](C)(C)CCC(=O)OC(C)(C)C. The summed E-state index contributed by atoms with van der Waals surface area (Å²) in [4.78, 5) is 23.8. The van der Waals surface area contributed by atoms with Crippen molar-refractivity contribution in [3.05, 3.63) is 0 Å². The first-order chi connectivity index (χ1) is 10.9. The fraction of sp³-hybridized carbons (Fsp3) is 0.889. The topological polar surface area (TPSA) is 61.8 Å². The minimum absolute atomic E-state index is 0.176. The minimum atomic E-state index is -1.99. The van der Waals surface area contributed by atoms with Crippen molar-refractivity contribution in [1.29, 1.82) is 0 Å². The summed E-state index contributed by atoms with van der Waals surface area (Å²) in [5.41, 5.74) is -0.907. The highest BCUT2D eigenvalue weighted by molar-refractivity contribution is 6.85. The van der Waals surface area contributed by atoms with Crippen molar-refractivity contribution >= 4 is 28.6 Å². The fourth-order valence-electron chi connectivity index (χ4n) is 2.44. The monoisotopic (exact) mass is 390 g/mol. The summed E-state index contributed by atoms with van der Waals surface area (Å²) >= 11 is 0. The van der Waals surface area contributed by atoms with Crippen molar-refractivity contribution in [1.82, 2.24) is 0 Å². The van der Waals surface area contributed by atoms with E-state index in [4.69, 9.17) is 13.6 Å². The number of rotatable bonds is 8. The second kappa shape index (κ2) is 8.82. The van der Waals surface area contributed by atoms with E-state index in [1.807, 2.05) is 41.5 Å². The molecule has 0 aliphatic heterocycles. The Kier molecular flexibility index (Phi) is 8.58. The van der Waals surface area contributed by atoms with Gasteiger partial charge in [-0.15, -0.1) is 0 Å². The van der Waals surface area contributed by atoms with Crippen LogP contribution in [0.3, 0.4) is 0 Å². The zero-order chi connectivity index (χ0) is 20.1. The molecule has 0 saturated heterocycles. The van der Waals surface area contributed by atoms with Crippen molar-refractivity contribution < 1.29 is 23.2 Å². The molecule has 0 aromatic heterocycles. The molecular formula is C18H38O5Si2. The Morgan fingerprint density at radius 2 is 0.960 bits per heavy atom. The second-order valence-corrected chi connectivity index (χ2v) is 18.6. The zero-order valence-electron chi connectivity index (χ0n) is 17.9. The highest BCUT2D eigenvalue weighted by Gasteiger charge is 2.34. The van der Waals surface area contributed by atoms with Crippen LogP contribution in [0.25, 0.3) is 0 Å². The minimum Gasteiger partial charge on any atom is -0.460 e. The molecule has 0 saturated carbocycles. The van der Waals surface area contributed by atoms with E-state index in [0.717, 1.165) is 12.1 Å². The van der Waals surface area contributed by atoms with Gasteiger partial charge in [-0.2, -0.15) is 0 Å². The molecule has 0 fully saturated rings. The fourth-order valence-corrected chi connectivity index (χ4v) is 10.9. The predicted molar refractivity (Wildman–Crippen MR) is 107 cm³/mol. The molecule has 0 unspecified atom stereocenters. The molecule has 0 rings (SSSR count). The van der Waals surface area contributed by atoms with Crippen LogP contribution in [0.1, 0.15) is 54.4 Å². The first kappa shape index (κ1) is 24.3. The molecule has 0 atom stereocenters. The van der Waals surface area contributed by atoms with Crippen molar-refractivity contribution in [2.45, 2.75) is 104 Å². The van der Waals surface area contributed by atoms with E-state index in [2.05, 4.69) is 26.2 Å². The van der Waals surface area contributed by atoms with E-state index < -0.39 is 27.8 Å². The average Bonchev–Trinajstić information content (AvgIpc) is 2.29. The van der Waals surface area contributed by atoms with Gasteiger partial charge < -0.3 is 13.6 Å². The smallest absolute Gasteiger partial charge is 0.306 e. The summed E-state index contributed by atoms with van der Waals surface area (Å²) in [5.74, 6) is -0.352. The molecule has 148 valence electrons. The van der Waals surface area contributed by atoms with Crippen LogP contribution < -0.4 is 0 Å².